The van der Waals surface area contributed by atoms with Gasteiger partial charge >= 0.3 is 0 Å². The van der Waals surface area contributed by atoms with E-state index in [1.54, 1.807) is 0 Å². The third-order valence-corrected chi connectivity index (χ3v) is 6.38. The number of aliphatic imine (C=N–C) groups is 2. The van der Waals surface area contributed by atoms with Crippen LogP contribution >= 0.6 is 0 Å². The van der Waals surface area contributed by atoms with Crippen molar-refractivity contribution in [3.8, 4) is 22.5 Å². The molecule has 0 aliphatic carbocycles. The van der Waals surface area contributed by atoms with Crippen LogP contribution in [0.2, 0.25) is 0 Å². The molecule has 0 bridgehead atoms. The number of aromatic nitrogens is 1. The molecule has 6 rings (SSSR count). The molecule has 3 heterocycles. The number of hydrogen-bond donors (Lipinski definition) is 2. The van der Waals surface area contributed by atoms with Crippen molar-refractivity contribution in [3.05, 3.63) is 84.1 Å². The van der Waals surface area contributed by atoms with E-state index in [-0.39, 0.29) is 0 Å². The number of nitrogens with one attached hydrogen (secondary N) is 2. The molecule has 1 aliphatic rings. The third-order valence-electron chi connectivity index (χ3n) is 6.38. The molecule has 0 radical (unpaired) electrons. The number of H-pyrrole nitrogens is 1. The molecule has 0 saturated heterocycles. The smallest absolute Gasteiger partial charge is 0.135 e. The molecular formula is C28H24N4O. The number of benzene rings is 3. The molecule has 0 unspecified atom stereocenters. The maximum atomic E-state index is 6.17. The van der Waals surface area contributed by atoms with E-state index in [1.807, 2.05) is 14.0 Å². The molecule has 0 fully saturated rings. The molecule has 0 saturated carbocycles. The van der Waals surface area contributed by atoms with Gasteiger partial charge in [0.25, 0.3) is 0 Å². The molecule has 5 heteroatoms. The van der Waals surface area contributed by atoms with Gasteiger partial charge in [0.15, 0.2) is 0 Å². The van der Waals surface area contributed by atoms with Gasteiger partial charge in [-0.1, -0.05) is 48.5 Å². The molecule has 0 atom stereocenters. The molecular weight excluding hydrogens is 408 g/mol. The van der Waals surface area contributed by atoms with Gasteiger partial charge in [0.05, 0.1) is 6.54 Å². The highest BCUT2D eigenvalue weighted by Crippen LogP contribution is 2.33. The van der Waals surface area contributed by atoms with E-state index in [1.165, 1.54) is 16.5 Å². The fourth-order valence-electron chi connectivity index (χ4n) is 4.45. The summed E-state index contributed by atoms with van der Waals surface area (Å²) in [7, 11) is 1.81. The lowest BCUT2D eigenvalue weighted by Crippen LogP contribution is -2.19. The molecule has 162 valence electrons. The van der Waals surface area contributed by atoms with Crippen LogP contribution in [0.3, 0.4) is 0 Å². The Hall–Kier alpha value is -4.12. The Morgan fingerprint density at radius 2 is 1.76 bits per heavy atom. The van der Waals surface area contributed by atoms with Crippen molar-refractivity contribution < 1.29 is 4.42 Å². The summed E-state index contributed by atoms with van der Waals surface area (Å²) in [6.07, 6.45) is 2.08. The summed E-state index contributed by atoms with van der Waals surface area (Å²) < 4.78 is 6.17. The van der Waals surface area contributed by atoms with E-state index in [4.69, 9.17) is 4.42 Å². The van der Waals surface area contributed by atoms with Crippen molar-refractivity contribution in [2.75, 3.05) is 20.1 Å². The SMILES string of the molecule is CN=C(C)c1ccc2cc(-c3ccc(-c4c[nH]c5cc(C6=NCCN6)ccc45)cc3)oc2c1. The van der Waals surface area contributed by atoms with E-state index >= 15 is 0 Å². The second-order valence-corrected chi connectivity index (χ2v) is 8.37. The van der Waals surface area contributed by atoms with Crippen LogP contribution in [0.1, 0.15) is 18.1 Å². The molecule has 5 nitrogen and oxygen atoms in total. The maximum Gasteiger partial charge on any atom is 0.135 e. The number of aromatic amines is 1. The minimum Gasteiger partial charge on any atom is -0.456 e. The number of rotatable bonds is 4. The second kappa shape index (κ2) is 7.78. The van der Waals surface area contributed by atoms with E-state index in [9.17, 15) is 0 Å². The third kappa shape index (κ3) is 3.42. The van der Waals surface area contributed by atoms with Crippen molar-refractivity contribution in [3.63, 3.8) is 0 Å². The summed E-state index contributed by atoms with van der Waals surface area (Å²) in [6.45, 7) is 3.76. The van der Waals surface area contributed by atoms with Gasteiger partial charge in [-0.3, -0.25) is 9.98 Å². The highest BCUT2D eigenvalue weighted by Gasteiger charge is 2.13. The lowest BCUT2D eigenvalue weighted by atomic mass is 10.0. The Morgan fingerprint density at radius 1 is 0.939 bits per heavy atom. The normalized spacial score (nSPS) is 14.1. The molecule has 5 aromatic rings. The Bertz CT molecular complexity index is 1550. The molecule has 33 heavy (non-hydrogen) atoms. The van der Waals surface area contributed by atoms with E-state index < -0.39 is 0 Å². The van der Waals surface area contributed by atoms with Crippen molar-refractivity contribution >= 4 is 33.4 Å². The van der Waals surface area contributed by atoms with Crippen LogP contribution < -0.4 is 5.32 Å². The van der Waals surface area contributed by atoms with Crippen molar-refractivity contribution in [2.45, 2.75) is 6.92 Å². The van der Waals surface area contributed by atoms with Crippen LogP contribution in [0.15, 0.2) is 87.3 Å². The quantitative estimate of drug-likeness (QED) is 0.340. The van der Waals surface area contributed by atoms with Crippen LogP contribution in [-0.2, 0) is 0 Å². The highest BCUT2D eigenvalue weighted by atomic mass is 16.3. The number of nitrogens with zero attached hydrogens (tertiary/aromatic N) is 2. The van der Waals surface area contributed by atoms with Gasteiger partial charge in [-0.25, -0.2) is 0 Å². The topological polar surface area (TPSA) is 65.7 Å². The minimum absolute atomic E-state index is 0.842. The van der Waals surface area contributed by atoms with Gasteiger partial charge < -0.3 is 14.7 Å². The molecule has 2 N–H and O–H groups in total. The highest BCUT2D eigenvalue weighted by molar-refractivity contribution is 6.05. The Labute approximate surface area is 191 Å². The molecule has 0 amide bonds. The van der Waals surface area contributed by atoms with Gasteiger partial charge in [0.2, 0.25) is 0 Å². The Balaban J connectivity index is 1.31. The first-order valence-electron chi connectivity index (χ1n) is 11.2. The van der Waals surface area contributed by atoms with Gasteiger partial charge in [0.1, 0.15) is 17.2 Å². The van der Waals surface area contributed by atoms with Crippen LogP contribution in [0, 0.1) is 0 Å². The van der Waals surface area contributed by atoms with E-state index in [0.717, 1.165) is 63.6 Å². The Kier molecular flexibility index (Phi) is 4.61. The summed E-state index contributed by atoms with van der Waals surface area (Å²) >= 11 is 0. The number of furan rings is 1. The average molecular weight is 433 g/mol. The van der Waals surface area contributed by atoms with E-state index in [2.05, 4.69) is 93.2 Å². The first-order chi connectivity index (χ1) is 16.2. The zero-order chi connectivity index (χ0) is 22.4. The summed E-state index contributed by atoms with van der Waals surface area (Å²) in [5.41, 5.74) is 8.61. The lowest BCUT2D eigenvalue weighted by Gasteiger charge is -2.04. The zero-order valence-electron chi connectivity index (χ0n) is 18.6. The van der Waals surface area contributed by atoms with Gasteiger partial charge in [-0.15, -0.1) is 0 Å². The number of fused-ring (bicyclic) bond motifs is 2. The first kappa shape index (κ1) is 19.6. The summed E-state index contributed by atoms with van der Waals surface area (Å²) in [5, 5.41) is 5.64. The average Bonchev–Trinajstić information content (AvgIpc) is 3.62. The standard InChI is InChI=1S/C28H24N4O/c1-17(29-2)20-7-8-21-15-26(33-27(21)14-20)19-5-3-18(4-6-19)24-16-32-25-13-22(9-10-23(24)25)28-30-11-12-31-28/h3-10,13-16,32H,11-12H2,1-2H3,(H,30,31). The van der Waals surface area contributed by atoms with Crippen LogP contribution in [0.25, 0.3) is 44.3 Å². The zero-order valence-corrected chi connectivity index (χ0v) is 18.6. The number of amidine groups is 1. The minimum atomic E-state index is 0.842. The lowest BCUT2D eigenvalue weighted by molar-refractivity contribution is 0.631. The fraction of sp³-hybridized carbons (Fsp3) is 0.143. The van der Waals surface area contributed by atoms with Crippen LogP contribution in [0.4, 0.5) is 0 Å². The van der Waals surface area contributed by atoms with Crippen molar-refractivity contribution in [1.29, 1.82) is 0 Å². The second-order valence-electron chi connectivity index (χ2n) is 8.37. The van der Waals surface area contributed by atoms with Crippen molar-refractivity contribution in [1.82, 2.24) is 10.3 Å². The summed E-state index contributed by atoms with van der Waals surface area (Å²) in [4.78, 5) is 12.2. The molecule has 2 aromatic heterocycles. The molecule has 3 aromatic carbocycles. The molecule has 1 aliphatic heterocycles. The summed E-state index contributed by atoms with van der Waals surface area (Å²) in [5.74, 6) is 1.85. The predicted molar refractivity (Wildman–Crippen MR) is 136 cm³/mol. The largest absolute Gasteiger partial charge is 0.456 e. The van der Waals surface area contributed by atoms with E-state index in [0.29, 0.717) is 0 Å². The molecule has 0 spiro atoms. The first-order valence-corrected chi connectivity index (χ1v) is 11.2. The monoisotopic (exact) mass is 432 g/mol. The van der Waals surface area contributed by atoms with Crippen LogP contribution in [-0.4, -0.2) is 36.7 Å². The number of hydrogen-bond acceptors (Lipinski definition) is 4. The van der Waals surface area contributed by atoms with Crippen LogP contribution in [0.5, 0.6) is 0 Å². The van der Waals surface area contributed by atoms with Gasteiger partial charge in [0, 0.05) is 58.5 Å². The van der Waals surface area contributed by atoms with Crippen molar-refractivity contribution in [2.24, 2.45) is 9.98 Å². The van der Waals surface area contributed by atoms with Gasteiger partial charge in [-0.05, 0) is 36.2 Å². The predicted octanol–water partition coefficient (Wildman–Crippen LogP) is 6.04. The maximum absolute atomic E-state index is 6.17. The summed E-state index contributed by atoms with van der Waals surface area (Å²) in [6, 6.07) is 23.4. The Morgan fingerprint density at radius 3 is 2.55 bits per heavy atom. The van der Waals surface area contributed by atoms with Gasteiger partial charge in [-0.2, -0.15) is 0 Å². The fourth-order valence-corrected chi connectivity index (χ4v) is 4.45.